The zero-order valence-corrected chi connectivity index (χ0v) is 12.7. The lowest BCUT2D eigenvalue weighted by molar-refractivity contribution is 0.214. The maximum Gasteiger partial charge on any atom is 0.187 e. The van der Waals surface area contributed by atoms with Crippen LogP contribution in [0.3, 0.4) is 0 Å². The molecule has 2 aromatic carbocycles. The fourth-order valence-corrected chi connectivity index (χ4v) is 2.08. The average molecular weight is 294 g/mol. The van der Waals surface area contributed by atoms with Gasteiger partial charge in [0.2, 0.25) is 0 Å². The van der Waals surface area contributed by atoms with Crippen molar-refractivity contribution in [2.24, 2.45) is 5.16 Å². The fraction of sp³-hybridized carbons (Fsp3) is 0.222. The van der Waals surface area contributed by atoms with Crippen molar-refractivity contribution in [3.63, 3.8) is 0 Å². The van der Waals surface area contributed by atoms with E-state index in [0.29, 0.717) is 6.61 Å². The lowest BCUT2D eigenvalue weighted by Crippen LogP contribution is -2.06. The molecule has 0 amide bonds. The van der Waals surface area contributed by atoms with Crippen molar-refractivity contribution in [1.29, 1.82) is 5.26 Å². The number of rotatable bonds is 6. The number of hydrogen-bond donors (Lipinski definition) is 0. The van der Waals surface area contributed by atoms with Crippen LogP contribution in [0, 0.1) is 11.3 Å². The molecule has 0 aliphatic heterocycles. The van der Waals surface area contributed by atoms with Gasteiger partial charge in [-0.3, -0.25) is 0 Å². The number of nitrogens with zero attached hydrogens (tertiary/aromatic N) is 2. The number of hydrogen-bond acceptors (Lipinski definition) is 4. The molecule has 4 nitrogen and oxygen atoms in total. The largest absolute Gasteiger partial charge is 0.489 e. The zero-order chi connectivity index (χ0) is 15.8. The minimum atomic E-state index is 0.239. The van der Waals surface area contributed by atoms with E-state index < -0.39 is 0 Å². The summed E-state index contributed by atoms with van der Waals surface area (Å²) in [5.41, 5.74) is 3.12. The second-order valence-electron chi connectivity index (χ2n) is 4.68. The molecule has 0 spiro atoms. The molecule has 0 saturated heterocycles. The van der Waals surface area contributed by atoms with E-state index in [-0.39, 0.29) is 5.71 Å². The smallest absolute Gasteiger partial charge is 0.187 e. The zero-order valence-electron chi connectivity index (χ0n) is 12.7. The second kappa shape index (κ2) is 7.84. The molecule has 0 N–H and O–H groups in total. The van der Waals surface area contributed by atoms with Crippen molar-refractivity contribution in [2.75, 3.05) is 7.11 Å². The molecule has 0 aromatic heterocycles. The first-order valence-electron chi connectivity index (χ1n) is 7.09. The van der Waals surface area contributed by atoms with Crippen molar-refractivity contribution in [3.05, 3.63) is 65.2 Å². The normalized spacial score (nSPS) is 10.9. The summed E-state index contributed by atoms with van der Waals surface area (Å²) < 4.78 is 5.80. The van der Waals surface area contributed by atoms with Crippen LogP contribution in [0.1, 0.15) is 23.6 Å². The molecule has 0 aliphatic carbocycles. The van der Waals surface area contributed by atoms with Gasteiger partial charge in [-0.2, -0.15) is 5.26 Å². The molecule has 0 unspecified atom stereocenters. The fourth-order valence-electron chi connectivity index (χ4n) is 2.08. The number of ether oxygens (including phenoxy) is 1. The van der Waals surface area contributed by atoms with Gasteiger partial charge in [-0.05, 0) is 29.7 Å². The predicted molar refractivity (Wildman–Crippen MR) is 85.8 cm³/mol. The first kappa shape index (κ1) is 15.6. The van der Waals surface area contributed by atoms with Crippen LogP contribution in [0.2, 0.25) is 0 Å². The van der Waals surface area contributed by atoms with Gasteiger partial charge < -0.3 is 9.57 Å². The van der Waals surface area contributed by atoms with E-state index in [2.05, 4.69) is 12.1 Å². The molecule has 2 aromatic rings. The molecule has 4 heteroatoms. The van der Waals surface area contributed by atoms with Gasteiger partial charge in [0.15, 0.2) is 5.71 Å². The van der Waals surface area contributed by atoms with E-state index in [1.54, 1.807) is 0 Å². The van der Waals surface area contributed by atoms with Crippen molar-refractivity contribution in [1.82, 2.24) is 0 Å². The number of aryl methyl sites for hydroxylation is 1. The van der Waals surface area contributed by atoms with Crippen LogP contribution in [0.15, 0.2) is 53.7 Å². The van der Waals surface area contributed by atoms with Crippen LogP contribution in [0.5, 0.6) is 5.75 Å². The molecule has 0 fully saturated rings. The Kier molecular flexibility index (Phi) is 5.56. The Hall–Kier alpha value is -2.80. The second-order valence-corrected chi connectivity index (χ2v) is 4.68. The van der Waals surface area contributed by atoms with Gasteiger partial charge in [0.25, 0.3) is 0 Å². The molecule has 112 valence electrons. The Balaban J connectivity index is 2.16. The summed E-state index contributed by atoms with van der Waals surface area (Å²) in [7, 11) is 1.42. The van der Waals surface area contributed by atoms with Crippen molar-refractivity contribution in [2.45, 2.75) is 20.0 Å². The maximum atomic E-state index is 9.18. The van der Waals surface area contributed by atoms with E-state index in [4.69, 9.17) is 9.57 Å². The minimum Gasteiger partial charge on any atom is -0.489 e. The first-order valence-corrected chi connectivity index (χ1v) is 7.09. The molecular formula is C18H18N2O2. The van der Waals surface area contributed by atoms with Crippen LogP contribution in [0.4, 0.5) is 0 Å². The average Bonchev–Trinajstić information content (AvgIpc) is 2.58. The lowest BCUT2D eigenvalue weighted by Gasteiger charge is -2.10. The Labute approximate surface area is 130 Å². The lowest BCUT2D eigenvalue weighted by atomic mass is 10.0. The Morgan fingerprint density at radius 2 is 1.86 bits per heavy atom. The number of benzene rings is 2. The van der Waals surface area contributed by atoms with Crippen LogP contribution < -0.4 is 4.74 Å². The van der Waals surface area contributed by atoms with Crippen molar-refractivity contribution in [3.8, 4) is 11.8 Å². The third kappa shape index (κ3) is 3.86. The van der Waals surface area contributed by atoms with Gasteiger partial charge >= 0.3 is 0 Å². The van der Waals surface area contributed by atoms with Crippen LogP contribution in [0.25, 0.3) is 0 Å². The highest BCUT2D eigenvalue weighted by Gasteiger charge is 2.10. The van der Waals surface area contributed by atoms with Gasteiger partial charge in [0.1, 0.15) is 25.5 Å². The summed E-state index contributed by atoms with van der Waals surface area (Å²) in [6.07, 6.45) is 1.00. The minimum absolute atomic E-state index is 0.239. The Morgan fingerprint density at radius 1 is 1.14 bits per heavy atom. The standard InChI is InChI=1S/C18H18N2O2/c1-3-14-8-10-16(11-9-14)22-13-15-6-4-5-7-17(15)18(12-19)20-21-2/h4-11H,3,13H2,1-2H3/b20-18-. The monoisotopic (exact) mass is 294 g/mol. The van der Waals surface area contributed by atoms with Crippen LogP contribution >= 0.6 is 0 Å². The number of nitriles is 1. The Morgan fingerprint density at radius 3 is 2.50 bits per heavy atom. The summed E-state index contributed by atoms with van der Waals surface area (Å²) in [5, 5.41) is 12.9. The van der Waals surface area contributed by atoms with Crippen LogP contribution in [-0.2, 0) is 17.9 Å². The highest BCUT2D eigenvalue weighted by Crippen LogP contribution is 2.17. The Bertz CT molecular complexity index is 685. The molecular weight excluding hydrogens is 276 g/mol. The maximum absolute atomic E-state index is 9.18. The van der Waals surface area contributed by atoms with Crippen LogP contribution in [-0.4, -0.2) is 12.8 Å². The topological polar surface area (TPSA) is 54.6 Å². The van der Waals surface area contributed by atoms with Crippen molar-refractivity contribution < 1.29 is 9.57 Å². The SMILES string of the molecule is CCc1ccc(OCc2ccccc2/C(C#N)=N\OC)cc1. The highest BCUT2D eigenvalue weighted by atomic mass is 16.6. The highest BCUT2D eigenvalue weighted by molar-refractivity contribution is 6.12. The van der Waals surface area contributed by atoms with Gasteiger partial charge in [0, 0.05) is 5.56 Å². The van der Waals surface area contributed by atoms with E-state index in [9.17, 15) is 5.26 Å². The number of oxime groups is 1. The molecule has 0 heterocycles. The van der Waals surface area contributed by atoms with E-state index in [0.717, 1.165) is 23.3 Å². The summed E-state index contributed by atoms with van der Waals surface area (Å²) in [6.45, 7) is 2.48. The van der Waals surface area contributed by atoms with Gasteiger partial charge in [0.05, 0.1) is 0 Å². The summed E-state index contributed by atoms with van der Waals surface area (Å²) in [6, 6.07) is 17.6. The van der Waals surface area contributed by atoms with E-state index in [1.807, 2.05) is 54.6 Å². The molecule has 0 bridgehead atoms. The van der Waals surface area contributed by atoms with Gasteiger partial charge in [-0.1, -0.05) is 48.5 Å². The first-order chi connectivity index (χ1) is 10.8. The summed E-state index contributed by atoms with van der Waals surface area (Å²) >= 11 is 0. The molecule has 0 atom stereocenters. The predicted octanol–water partition coefficient (Wildman–Crippen LogP) is 3.70. The van der Waals surface area contributed by atoms with Crippen molar-refractivity contribution >= 4 is 5.71 Å². The molecule has 22 heavy (non-hydrogen) atoms. The third-order valence-electron chi connectivity index (χ3n) is 3.29. The molecule has 0 radical (unpaired) electrons. The third-order valence-corrected chi connectivity index (χ3v) is 3.29. The summed E-state index contributed by atoms with van der Waals surface area (Å²) in [5.74, 6) is 0.800. The van der Waals surface area contributed by atoms with Gasteiger partial charge in [-0.15, -0.1) is 0 Å². The summed E-state index contributed by atoms with van der Waals surface area (Å²) in [4.78, 5) is 4.72. The van der Waals surface area contributed by atoms with Gasteiger partial charge in [-0.25, -0.2) is 0 Å². The molecule has 2 rings (SSSR count). The van der Waals surface area contributed by atoms with E-state index >= 15 is 0 Å². The quantitative estimate of drug-likeness (QED) is 0.603. The van der Waals surface area contributed by atoms with E-state index in [1.165, 1.54) is 12.7 Å². The molecule has 0 saturated carbocycles. The molecule has 0 aliphatic rings.